The van der Waals surface area contributed by atoms with Crippen LogP contribution >= 0.6 is 0 Å². The molecule has 1 aromatic carbocycles. The van der Waals surface area contributed by atoms with Crippen LogP contribution in [0.15, 0.2) is 24.3 Å². The van der Waals surface area contributed by atoms with E-state index in [1.165, 1.54) is 12.8 Å². The highest BCUT2D eigenvalue weighted by Gasteiger charge is 2.33. The number of ether oxygens (including phenoxy) is 2. The first-order valence-electron chi connectivity index (χ1n) is 8.06. The maximum Gasteiger partial charge on any atom is 0.315 e. The van der Waals surface area contributed by atoms with Crippen molar-refractivity contribution in [1.29, 1.82) is 0 Å². The van der Waals surface area contributed by atoms with Crippen molar-refractivity contribution < 1.29 is 14.3 Å². The van der Waals surface area contributed by atoms with E-state index in [2.05, 4.69) is 10.6 Å². The Kier molecular flexibility index (Phi) is 4.83. The molecule has 2 N–H and O–H groups in total. The molecule has 1 heterocycles. The number of hydrogen-bond acceptors (Lipinski definition) is 3. The summed E-state index contributed by atoms with van der Waals surface area (Å²) in [6.45, 7) is 1.40. The zero-order chi connectivity index (χ0) is 15.4. The number of hydrogen-bond donors (Lipinski definition) is 2. The van der Waals surface area contributed by atoms with Crippen LogP contribution in [0.4, 0.5) is 4.79 Å². The van der Waals surface area contributed by atoms with Crippen molar-refractivity contribution >= 4 is 6.03 Å². The van der Waals surface area contributed by atoms with Gasteiger partial charge in [0, 0.05) is 13.2 Å². The fraction of sp³-hybridized carbons (Fsp3) is 0.588. The normalized spacial score (nSPS) is 22.1. The molecular weight excluding hydrogens is 280 g/mol. The number of benzene rings is 1. The largest absolute Gasteiger partial charge is 0.497 e. The van der Waals surface area contributed by atoms with Gasteiger partial charge in [0.1, 0.15) is 5.75 Å². The van der Waals surface area contributed by atoms with E-state index in [4.69, 9.17) is 9.47 Å². The average Bonchev–Trinajstić information content (AvgIpc) is 3.26. The topological polar surface area (TPSA) is 59.6 Å². The van der Waals surface area contributed by atoms with Gasteiger partial charge in [-0.25, -0.2) is 4.79 Å². The van der Waals surface area contributed by atoms with Crippen LogP contribution in [-0.2, 0) is 4.74 Å². The molecule has 3 rings (SSSR count). The quantitative estimate of drug-likeness (QED) is 0.849. The van der Waals surface area contributed by atoms with E-state index in [-0.39, 0.29) is 18.2 Å². The van der Waals surface area contributed by atoms with Gasteiger partial charge in [-0.1, -0.05) is 12.1 Å². The minimum atomic E-state index is -0.108. The summed E-state index contributed by atoms with van der Waals surface area (Å²) in [6.07, 6.45) is 4.63. The van der Waals surface area contributed by atoms with Gasteiger partial charge in [0.2, 0.25) is 0 Å². The van der Waals surface area contributed by atoms with Crippen LogP contribution in [0.2, 0.25) is 0 Å². The predicted molar refractivity (Wildman–Crippen MR) is 84.0 cm³/mol. The van der Waals surface area contributed by atoms with Crippen LogP contribution in [0, 0.1) is 5.92 Å². The Labute approximate surface area is 131 Å². The average molecular weight is 304 g/mol. The molecular formula is C17H24N2O3. The fourth-order valence-electron chi connectivity index (χ4n) is 2.92. The van der Waals surface area contributed by atoms with Crippen LogP contribution in [-0.4, -0.2) is 32.4 Å². The standard InChI is InChI=1S/C17H24N2O3/c1-21-14-8-6-13(7-9-14)16(12-4-5-12)19-17(20)18-11-15-3-2-10-22-15/h6-9,12,15-16H,2-5,10-11H2,1H3,(H2,18,19,20). The second-order valence-electron chi connectivity index (χ2n) is 6.08. The summed E-state index contributed by atoms with van der Waals surface area (Å²) >= 11 is 0. The highest BCUT2D eigenvalue weighted by atomic mass is 16.5. The summed E-state index contributed by atoms with van der Waals surface area (Å²) in [7, 11) is 1.66. The van der Waals surface area contributed by atoms with Crippen molar-refractivity contribution in [3.63, 3.8) is 0 Å². The van der Waals surface area contributed by atoms with E-state index < -0.39 is 0 Å². The van der Waals surface area contributed by atoms with E-state index in [0.29, 0.717) is 12.5 Å². The first-order chi connectivity index (χ1) is 10.8. The Balaban J connectivity index is 1.55. The van der Waals surface area contributed by atoms with Gasteiger partial charge >= 0.3 is 6.03 Å². The summed E-state index contributed by atoms with van der Waals surface area (Å²) in [5.41, 5.74) is 1.13. The van der Waals surface area contributed by atoms with Crippen molar-refractivity contribution in [3.05, 3.63) is 29.8 Å². The molecule has 1 saturated heterocycles. The van der Waals surface area contributed by atoms with Gasteiger partial charge in [-0.2, -0.15) is 0 Å². The molecule has 2 fully saturated rings. The lowest BCUT2D eigenvalue weighted by molar-refractivity contribution is 0.111. The monoisotopic (exact) mass is 304 g/mol. The number of nitrogens with one attached hydrogen (secondary N) is 2. The van der Waals surface area contributed by atoms with Gasteiger partial charge in [-0.15, -0.1) is 0 Å². The zero-order valence-corrected chi connectivity index (χ0v) is 13.0. The van der Waals surface area contributed by atoms with Crippen molar-refractivity contribution in [1.82, 2.24) is 10.6 Å². The SMILES string of the molecule is COc1ccc(C(NC(=O)NCC2CCCO2)C2CC2)cc1. The summed E-state index contributed by atoms with van der Waals surface area (Å²) < 4.78 is 10.7. The molecule has 5 heteroatoms. The Bertz CT molecular complexity index is 493. The fourth-order valence-corrected chi connectivity index (χ4v) is 2.92. The molecule has 1 aromatic rings. The molecule has 0 radical (unpaired) electrons. The van der Waals surface area contributed by atoms with Crippen LogP contribution < -0.4 is 15.4 Å². The van der Waals surface area contributed by atoms with E-state index in [0.717, 1.165) is 30.8 Å². The first-order valence-corrected chi connectivity index (χ1v) is 8.06. The second-order valence-corrected chi connectivity index (χ2v) is 6.08. The van der Waals surface area contributed by atoms with E-state index in [1.54, 1.807) is 7.11 Å². The number of methoxy groups -OCH3 is 1. The predicted octanol–water partition coefficient (Wildman–Crippen LogP) is 2.62. The lowest BCUT2D eigenvalue weighted by Gasteiger charge is -2.20. The van der Waals surface area contributed by atoms with E-state index in [9.17, 15) is 4.79 Å². The molecule has 5 nitrogen and oxygen atoms in total. The smallest absolute Gasteiger partial charge is 0.315 e. The number of urea groups is 1. The Morgan fingerprint density at radius 1 is 1.32 bits per heavy atom. The Morgan fingerprint density at radius 2 is 2.09 bits per heavy atom. The third-order valence-corrected chi connectivity index (χ3v) is 4.37. The molecule has 1 saturated carbocycles. The summed E-state index contributed by atoms with van der Waals surface area (Å²) in [4.78, 5) is 12.1. The summed E-state index contributed by atoms with van der Waals surface area (Å²) in [6, 6.07) is 7.91. The molecule has 1 aliphatic heterocycles. The maximum atomic E-state index is 12.1. The van der Waals surface area contributed by atoms with Gasteiger partial charge in [-0.3, -0.25) is 0 Å². The molecule has 0 spiro atoms. The van der Waals surface area contributed by atoms with Crippen LogP contribution in [0.25, 0.3) is 0 Å². The summed E-state index contributed by atoms with van der Waals surface area (Å²) in [5.74, 6) is 1.38. The van der Waals surface area contributed by atoms with Crippen molar-refractivity contribution in [2.45, 2.75) is 37.8 Å². The molecule has 120 valence electrons. The summed E-state index contributed by atoms with van der Waals surface area (Å²) in [5, 5.41) is 6.04. The number of carbonyl (C=O) groups excluding carboxylic acids is 1. The molecule has 1 aliphatic carbocycles. The third kappa shape index (κ3) is 3.91. The van der Waals surface area contributed by atoms with E-state index in [1.807, 2.05) is 24.3 Å². The van der Waals surface area contributed by atoms with Gasteiger partial charge in [0.15, 0.2) is 0 Å². The molecule has 2 atom stereocenters. The zero-order valence-electron chi connectivity index (χ0n) is 13.0. The molecule has 2 aliphatic rings. The van der Waals surface area contributed by atoms with Gasteiger partial charge in [0.05, 0.1) is 19.3 Å². The van der Waals surface area contributed by atoms with Crippen LogP contribution in [0.1, 0.15) is 37.3 Å². The van der Waals surface area contributed by atoms with Crippen molar-refractivity contribution in [2.75, 3.05) is 20.3 Å². The lowest BCUT2D eigenvalue weighted by Crippen LogP contribution is -2.41. The van der Waals surface area contributed by atoms with Gasteiger partial charge in [0.25, 0.3) is 0 Å². The van der Waals surface area contributed by atoms with Gasteiger partial charge in [-0.05, 0) is 49.3 Å². The van der Waals surface area contributed by atoms with Crippen LogP contribution in [0.5, 0.6) is 5.75 Å². The Hall–Kier alpha value is -1.75. The highest BCUT2D eigenvalue weighted by Crippen LogP contribution is 2.41. The lowest BCUT2D eigenvalue weighted by atomic mass is 10.0. The van der Waals surface area contributed by atoms with Crippen LogP contribution in [0.3, 0.4) is 0 Å². The minimum absolute atomic E-state index is 0.0791. The van der Waals surface area contributed by atoms with Crippen molar-refractivity contribution in [2.24, 2.45) is 5.92 Å². The van der Waals surface area contributed by atoms with Gasteiger partial charge < -0.3 is 20.1 Å². The minimum Gasteiger partial charge on any atom is -0.497 e. The first kappa shape index (κ1) is 15.2. The maximum absolute atomic E-state index is 12.1. The molecule has 0 bridgehead atoms. The second kappa shape index (κ2) is 7.01. The molecule has 2 amide bonds. The number of amides is 2. The van der Waals surface area contributed by atoms with E-state index >= 15 is 0 Å². The molecule has 22 heavy (non-hydrogen) atoms. The third-order valence-electron chi connectivity index (χ3n) is 4.37. The molecule has 0 aromatic heterocycles. The Morgan fingerprint density at radius 3 is 2.68 bits per heavy atom. The highest BCUT2D eigenvalue weighted by molar-refractivity contribution is 5.74. The van der Waals surface area contributed by atoms with Crippen molar-refractivity contribution in [3.8, 4) is 5.75 Å². The number of rotatable bonds is 6. The molecule has 2 unspecified atom stereocenters. The number of carbonyl (C=O) groups is 1.